The predicted octanol–water partition coefficient (Wildman–Crippen LogP) is 1.29. The third-order valence-corrected chi connectivity index (χ3v) is 2.97. The molecule has 1 amide bonds. The first kappa shape index (κ1) is 13.5. The van der Waals surface area contributed by atoms with E-state index in [4.69, 9.17) is 11.6 Å². The van der Waals surface area contributed by atoms with Gasteiger partial charge >= 0.3 is 0 Å². The van der Waals surface area contributed by atoms with Crippen molar-refractivity contribution in [2.24, 2.45) is 0 Å². The number of fused-ring (bicyclic) bond motifs is 1. The Balaban J connectivity index is 2.13. The lowest BCUT2D eigenvalue weighted by Gasteiger charge is -2.18. The van der Waals surface area contributed by atoms with E-state index in [0.29, 0.717) is 29.9 Å². The Morgan fingerprint density at radius 1 is 1.42 bits per heavy atom. The number of H-pyrrole nitrogens is 1. The molecular weight excluding hydrogens is 268 g/mol. The maximum absolute atomic E-state index is 11.9. The van der Waals surface area contributed by atoms with Gasteiger partial charge in [0.2, 0.25) is 11.2 Å². The fourth-order valence-corrected chi connectivity index (χ4v) is 1.96. The second kappa shape index (κ2) is 5.83. The summed E-state index contributed by atoms with van der Waals surface area (Å²) >= 11 is 5.81. The summed E-state index contributed by atoms with van der Waals surface area (Å²) in [6, 6.07) is 0. The molecule has 2 aromatic rings. The van der Waals surface area contributed by atoms with Gasteiger partial charge < -0.3 is 10.2 Å². The highest BCUT2D eigenvalue weighted by Gasteiger charge is 2.12. The second-order valence-corrected chi connectivity index (χ2v) is 4.23. The first-order valence-electron chi connectivity index (χ1n) is 6.04. The van der Waals surface area contributed by atoms with Crippen LogP contribution in [0, 0.1) is 0 Å². The molecule has 0 saturated heterocycles. The Bertz CT molecular complexity index is 580. The molecule has 0 aliphatic rings. The number of anilines is 1. The first-order chi connectivity index (χ1) is 9.15. The maximum Gasteiger partial charge on any atom is 0.241 e. The van der Waals surface area contributed by atoms with Gasteiger partial charge in [-0.05, 0) is 25.4 Å². The van der Waals surface area contributed by atoms with E-state index in [2.05, 4.69) is 25.5 Å². The van der Waals surface area contributed by atoms with Gasteiger partial charge in [-0.3, -0.25) is 9.89 Å². The molecule has 0 atom stereocenters. The summed E-state index contributed by atoms with van der Waals surface area (Å²) in [6.45, 7) is 5.41. The molecule has 7 nitrogen and oxygen atoms in total. The zero-order chi connectivity index (χ0) is 13.8. The minimum absolute atomic E-state index is 0.0105. The molecule has 0 aliphatic carbocycles. The molecule has 0 bridgehead atoms. The molecule has 0 unspecified atom stereocenters. The van der Waals surface area contributed by atoms with Crippen molar-refractivity contribution in [2.75, 3.05) is 25.0 Å². The molecule has 19 heavy (non-hydrogen) atoms. The molecule has 2 heterocycles. The quantitative estimate of drug-likeness (QED) is 0.807. The number of halogens is 1. The largest absolute Gasteiger partial charge is 0.360 e. The predicted molar refractivity (Wildman–Crippen MR) is 73.1 cm³/mol. The molecule has 102 valence electrons. The number of hydrogen-bond acceptors (Lipinski definition) is 5. The fraction of sp³-hybridized carbons (Fsp3) is 0.455. The molecule has 2 aromatic heterocycles. The van der Waals surface area contributed by atoms with Gasteiger partial charge in [0, 0.05) is 13.1 Å². The van der Waals surface area contributed by atoms with Gasteiger partial charge in [-0.25, -0.2) is 0 Å². The van der Waals surface area contributed by atoms with Gasteiger partial charge in [-0.15, -0.1) is 0 Å². The number of nitrogens with one attached hydrogen (secondary N) is 2. The average Bonchev–Trinajstić information content (AvgIpc) is 2.85. The third kappa shape index (κ3) is 2.93. The molecule has 0 aromatic carbocycles. The maximum atomic E-state index is 11.9. The zero-order valence-corrected chi connectivity index (χ0v) is 11.5. The molecule has 0 aliphatic heterocycles. The fourth-order valence-electron chi connectivity index (χ4n) is 1.79. The molecule has 2 N–H and O–H groups in total. The average molecular weight is 283 g/mol. The van der Waals surface area contributed by atoms with Crippen molar-refractivity contribution in [3.63, 3.8) is 0 Å². The number of aromatic amines is 1. The second-order valence-electron chi connectivity index (χ2n) is 3.89. The van der Waals surface area contributed by atoms with E-state index in [0.717, 1.165) is 0 Å². The minimum atomic E-state index is 0.0105. The summed E-state index contributed by atoms with van der Waals surface area (Å²) in [5.74, 6) is 0.514. The summed E-state index contributed by atoms with van der Waals surface area (Å²) in [7, 11) is 0. The van der Waals surface area contributed by atoms with Crippen LogP contribution in [0.4, 0.5) is 5.82 Å². The minimum Gasteiger partial charge on any atom is -0.360 e. The lowest BCUT2D eigenvalue weighted by molar-refractivity contribution is -0.128. The monoisotopic (exact) mass is 282 g/mol. The molecular formula is C11H15ClN6O. The van der Waals surface area contributed by atoms with Gasteiger partial charge in [0.25, 0.3) is 0 Å². The highest BCUT2D eigenvalue weighted by Crippen LogP contribution is 2.19. The highest BCUT2D eigenvalue weighted by atomic mass is 35.5. The molecule has 0 radical (unpaired) electrons. The number of aromatic nitrogens is 4. The Labute approximate surface area is 115 Å². The van der Waals surface area contributed by atoms with E-state index in [1.807, 2.05) is 13.8 Å². The van der Waals surface area contributed by atoms with Crippen molar-refractivity contribution >= 4 is 34.4 Å². The molecule has 0 saturated carbocycles. The Morgan fingerprint density at radius 3 is 2.84 bits per heavy atom. The molecule has 0 spiro atoms. The number of carbonyl (C=O) groups is 1. The van der Waals surface area contributed by atoms with Gasteiger partial charge in [0.1, 0.15) is 5.82 Å². The van der Waals surface area contributed by atoms with E-state index in [-0.39, 0.29) is 17.7 Å². The van der Waals surface area contributed by atoms with Crippen molar-refractivity contribution in [3.05, 3.63) is 11.5 Å². The number of hydrogen-bond donors (Lipinski definition) is 2. The number of rotatable bonds is 5. The van der Waals surface area contributed by atoms with Gasteiger partial charge in [-0.2, -0.15) is 15.1 Å². The number of nitrogens with zero attached hydrogens (tertiary/aromatic N) is 4. The van der Waals surface area contributed by atoms with Crippen molar-refractivity contribution in [1.82, 2.24) is 25.1 Å². The van der Waals surface area contributed by atoms with Crippen LogP contribution < -0.4 is 5.32 Å². The van der Waals surface area contributed by atoms with Crippen LogP contribution in [0.3, 0.4) is 0 Å². The van der Waals surface area contributed by atoms with Gasteiger partial charge in [-0.1, -0.05) is 0 Å². The zero-order valence-electron chi connectivity index (χ0n) is 10.8. The summed E-state index contributed by atoms with van der Waals surface area (Å²) < 4.78 is 0. The van der Waals surface area contributed by atoms with E-state index in [1.54, 1.807) is 11.1 Å². The number of amides is 1. The lowest BCUT2D eigenvalue weighted by atomic mass is 10.4. The third-order valence-electron chi connectivity index (χ3n) is 2.81. The lowest BCUT2D eigenvalue weighted by Crippen LogP contribution is -2.35. The van der Waals surface area contributed by atoms with Crippen LogP contribution in [0.2, 0.25) is 5.28 Å². The van der Waals surface area contributed by atoms with E-state index < -0.39 is 0 Å². The Kier molecular flexibility index (Phi) is 4.16. The Morgan fingerprint density at radius 2 is 2.16 bits per heavy atom. The normalized spacial score (nSPS) is 10.7. The van der Waals surface area contributed by atoms with Gasteiger partial charge in [0.05, 0.1) is 18.1 Å². The summed E-state index contributed by atoms with van der Waals surface area (Å²) in [5.41, 5.74) is 0.540. The van der Waals surface area contributed by atoms with Crippen LogP contribution in [-0.4, -0.2) is 50.6 Å². The SMILES string of the molecule is CCN(CC)C(=O)CNc1nc(Cl)nc2[nH]ncc12. The van der Waals surface area contributed by atoms with Crippen molar-refractivity contribution in [2.45, 2.75) is 13.8 Å². The molecule has 0 fully saturated rings. The summed E-state index contributed by atoms with van der Waals surface area (Å²) in [5, 5.41) is 10.4. The van der Waals surface area contributed by atoms with Crippen LogP contribution >= 0.6 is 11.6 Å². The van der Waals surface area contributed by atoms with E-state index in [1.165, 1.54) is 0 Å². The standard InChI is InChI=1S/C11H15ClN6O/c1-3-18(4-2)8(19)6-13-9-7-5-14-17-10(7)16-11(12)15-9/h5H,3-4,6H2,1-2H3,(H2,13,14,15,16,17). The molecule has 8 heteroatoms. The van der Waals surface area contributed by atoms with E-state index in [9.17, 15) is 4.79 Å². The van der Waals surface area contributed by atoms with Crippen molar-refractivity contribution in [1.29, 1.82) is 0 Å². The number of likely N-dealkylation sites (N-methyl/N-ethyl adjacent to an activating group) is 1. The smallest absolute Gasteiger partial charge is 0.241 e. The molecule has 2 rings (SSSR count). The van der Waals surface area contributed by atoms with Crippen molar-refractivity contribution in [3.8, 4) is 0 Å². The van der Waals surface area contributed by atoms with Crippen LogP contribution in [0.15, 0.2) is 6.20 Å². The Hall–Kier alpha value is -1.89. The highest BCUT2D eigenvalue weighted by molar-refractivity contribution is 6.28. The van der Waals surface area contributed by atoms with Crippen LogP contribution in [0.5, 0.6) is 0 Å². The van der Waals surface area contributed by atoms with Crippen LogP contribution in [0.1, 0.15) is 13.8 Å². The topological polar surface area (TPSA) is 86.8 Å². The summed E-state index contributed by atoms with van der Waals surface area (Å²) in [6.07, 6.45) is 1.59. The van der Waals surface area contributed by atoms with Crippen molar-refractivity contribution < 1.29 is 4.79 Å². The van der Waals surface area contributed by atoms with Crippen LogP contribution in [0.25, 0.3) is 11.0 Å². The first-order valence-corrected chi connectivity index (χ1v) is 6.41. The van der Waals surface area contributed by atoms with E-state index >= 15 is 0 Å². The van der Waals surface area contributed by atoms with Gasteiger partial charge in [0.15, 0.2) is 5.65 Å². The van der Waals surface area contributed by atoms with Crippen LogP contribution in [-0.2, 0) is 4.79 Å². The number of carbonyl (C=O) groups excluding carboxylic acids is 1. The summed E-state index contributed by atoms with van der Waals surface area (Å²) in [4.78, 5) is 21.7.